The van der Waals surface area contributed by atoms with Crippen LogP contribution in [-0.2, 0) is 10.1 Å². The number of non-ortho nitro benzene ring substituents is 1. The minimum Gasteiger partial charge on any atom is -0.381 e. The van der Waals surface area contributed by atoms with Crippen LogP contribution in [0.4, 0.5) is 11.4 Å². The molecule has 0 saturated carbocycles. The van der Waals surface area contributed by atoms with Gasteiger partial charge in [-0.3, -0.25) is 10.1 Å². The smallest absolute Gasteiger partial charge is 0.271 e. The largest absolute Gasteiger partial charge is 0.381 e. The van der Waals surface area contributed by atoms with E-state index in [-0.39, 0.29) is 10.6 Å². The second-order valence-corrected chi connectivity index (χ2v) is 5.23. The molecule has 0 amide bonds. The molecular weight excluding hydrogens is 312 g/mol. The molecule has 19 heavy (non-hydrogen) atoms. The molecule has 1 aliphatic heterocycles. The van der Waals surface area contributed by atoms with Crippen LogP contribution in [0, 0.1) is 10.1 Å². The van der Waals surface area contributed by atoms with Crippen LogP contribution in [-0.4, -0.2) is 31.2 Å². The van der Waals surface area contributed by atoms with Crippen molar-refractivity contribution in [3.63, 3.8) is 0 Å². The maximum atomic E-state index is 11.0. The number of anilines is 1. The van der Waals surface area contributed by atoms with Gasteiger partial charge in [0.05, 0.1) is 11.0 Å². The summed E-state index contributed by atoms with van der Waals surface area (Å²) < 4.78 is 5.34. The minimum atomic E-state index is -0.336. The van der Waals surface area contributed by atoms with Gasteiger partial charge in [0.2, 0.25) is 0 Å². The van der Waals surface area contributed by atoms with Gasteiger partial charge in [0.1, 0.15) is 0 Å². The molecule has 0 bridgehead atoms. The molecule has 1 saturated heterocycles. The van der Waals surface area contributed by atoms with E-state index in [1.54, 1.807) is 19.2 Å². The minimum absolute atomic E-state index is 0.154. The van der Waals surface area contributed by atoms with Gasteiger partial charge in [-0.25, -0.2) is 0 Å². The lowest BCUT2D eigenvalue weighted by Crippen LogP contribution is -2.36. The van der Waals surface area contributed by atoms with E-state index >= 15 is 0 Å². The Kier molecular flexibility index (Phi) is 4.76. The van der Waals surface area contributed by atoms with Gasteiger partial charge in [0.15, 0.2) is 0 Å². The fourth-order valence-corrected chi connectivity index (χ4v) is 2.69. The molecule has 1 aliphatic rings. The fourth-order valence-electron chi connectivity index (χ4n) is 2.37. The van der Waals surface area contributed by atoms with Crippen LogP contribution in [0.5, 0.6) is 0 Å². The molecule has 1 aromatic carbocycles. The van der Waals surface area contributed by atoms with Crippen LogP contribution >= 0.6 is 15.9 Å². The number of nitrogens with zero attached hydrogens (tertiary/aromatic N) is 2. The maximum absolute atomic E-state index is 11.0. The number of piperidine rings is 1. The van der Waals surface area contributed by atoms with E-state index in [9.17, 15) is 10.1 Å². The van der Waals surface area contributed by atoms with Gasteiger partial charge >= 0.3 is 0 Å². The molecule has 0 atom stereocenters. The number of hydrogen-bond donors (Lipinski definition) is 0. The van der Waals surface area contributed by atoms with Crippen LogP contribution in [0.15, 0.2) is 18.2 Å². The van der Waals surface area contributed by atoms with Gasteiger partial charge in [0, 0.05) is 43.3 Å². The molecule has 1 heterocycles. The second-order valence-electron chi connectivity index (χ2n) is 4.67. The molecule has 0 N–H and O–H groups in total. The van der Waals surface area contributed by atoms with Crippen LogP contribution in [0.1, 0.15) is 18.4 Å². The second kappa shape index (κ2) is 6.34. The van der Waals surface area contributed by atoms with E-state index in [0.717, 1.165) is 37.2 Å². The van der Waals surface area contributed by atoms with Gasteiger partial charge < -0.3 is 9.64 Å². The van der Waals surface area contributed by atoms with Crippen molar-refractivity contribution in [1.29, 1.82) is 0 Å². The number of ether oxygens (including phenoxy) is 1. The highest BCUT2D eigenvalue weighted by atomic mass is 79.9. The quantitative estimate of drug-likeness (QED) is 0.484. The third kappa shape index (κ3) is 3.45. The lowest BCUT2D eigenvalue weighted by atomic mass is 10.1. The van der Waals surface area contributed by atoms with E-state index in [4.69, 9.17) is 4.74 Å². The summed E-state index contributed by atoms with van der Waals surface area (Å²) in [6.45, 7) is 1.75. The topological polar surface area (TPSA) is 55.6 Å². The Labute approximate surface area is 120 Å². The van der Waals surface area contributed by atoms with E-state index in [0.29, 0.717) is 11.4 Å². The Balaban J connectivity index is 2.20. The predicted octanol–water partition coefficient (Wildman–Crippen LogP) is 3.10. The Hall–Kier alpha value is -1.14. The predicted molar refractivity (Wildman–Crippen MR) is 78.0 cm³/mol. The van der Waals surface area contributed by atoms with E-state index in [1.165, 1.54) is 0 Å². The highest BCUT2D eigenvalue weighted by Gasteiger charge is 2.20. The number of halogens is 1. The first kappa shape index (κ1) is 14.3. The number of methoxy groups -OCH3 is 1. The summed E-state index contributed by atoms with van der Waals surface area (Å²) in [7, 11) is 1.73. The summed E-state index contributed by atoms with van der Waals surface area (Å²) in [6, 6.07) is 5.27. The van der Waals surface area contributed by atoms with Crippen molar-refractivity contribution >= 4 is 27.3 Å². The molecule has 104 valence electrons. The third-order valence-corrected chi connectivity index (χ3v) is 4.12. The maximum Gasteiger partial charge on any atom is 0.271 e. The first-order chi connectivity index (χ1) is 9.13. The van der Waals surface area contributed by atoms with E-state index in [2.05, 4.69) is 20.8 Å². The molecule has 0 aromatic heterocycles. The van der Waals surface area contributed by atoms with Crippen molar-refractivity contribution in [2.24, 2.45) is 0 Å². The van der Waals surface area contributed by atoms with Gasteiger partial charge in [-0.1, -0.05) is 15.9 Å². The molecule has 6 heteroatoms. The summed E-state index contributed by atoms with van der Waals surface area (Å²) in [6.07, 6.45) is 2.23. The standard InChI is InChI=1S/C13H17BrN2O3/c1-19-13-2-4-15(5-3-13)11-6-10(9-14)7-12(8-11)16(17)18/h6-8,13H,2-5,9H2,1H3. The molecule has 0 unspecified atom stereocenters. The van der Waals surface area contributed by atoms with Crippen LogP contribution in [0.25, 0.3) is 0 Å². The van der Waals surface area contributed by atoms with Crippen molar-refractivity contribution in [2.45, 2.75) is 24.3 Å². The Morgan fingerprint density at radius 2 is 2.11 bits per heavy atom. The number of alkyl halides is 1. The SMILES string of the molecule is COC1CCN(c2cc(CBr)cc([N+](=O)[O-])c2)CC1. The van der Waals surface area contributed by atoms with Crippen LogP contribution in [0.2, 0.25) is 0 Å². The van der Waals surface area contributed by atoms with Gasteiger partial charge in [-0.05, 0) is 24.5 Å². The molecule has 1 fully saturated rings. The van der Waals surface area contributed by atoms with Gasteiger partial charge in [0.25, 0.3) is 5.69 Å². The number of rotatable bonds is 4. The normalized spacial score (nSPS) is 16.6. The van der Waals surface area contributed by atoms with Crippen molar-refractivity contribution in [3.05, 3.63) is 33.9 Å². The average Bonchev–Trinajstić information content (AvgIpc) is 2.46. The molecular formula is C13H17BrN2O3. The highest BCUT2D eigenvalue weighted by molar-refractivity contribution is 9.08. The average molecular weight is 329 g/mol. The zero-order chi connectivity index (χ0) is 13.8. The van der Waals surface area contributed by atoms with Crippen molar-refractivity contribution in [3.8, 4) is 0 Å². The molecule has 2 rings (SSSR count). The third-order valence-electron chi connectivity index (χ3n) is 3.47. The van der Waals surface area contributed by atoms with Gasteiger partial charge in [-0.15, -0.1) is 0 Å². The first-order valence-electron chi connectivity index (χ1n) is 6.26. The Morgan fingerprint density at radius 3 is 2.63 bits per heavy atom. The van der Waals surface area contributed by atoms with Crippen LogP contribution < -0.4 is 4.90 Å². The Bertz CT molecular complexity index is 459. The molecule has 0 radical (unpaired) electrons. The van der Waals surface area contributed by atoms with Gasteiger partial charge in [-0.2, -0.15) is 0 Å². The molecule has 0 aliphatic carbocycles. The van der Waals surface area contributed by atoms with E-state index < -0.39 is 0 Å². The Morgan fingerprint density at radius 1 is 1.42 bits per heavy atom. The van der Waals surface area contributed by atoms with E-state index in [1.807, 2.05) is 6.07 Å². The number of hydrogen-bond acceptors (Lipinski definition) is 4. The van der Waals surface area contributed by atoms with Crippen molar-refractivity contribution < 1.29 is 9.66 Å². The lowest BCUT2D eigenvalue weighted by molar-refractivity contribution is -0.384. The number of nitro groups is 1. The lowest BCUT2D eigenvalue weighted by Gasteiger charge is -2.33. The highest BCUT2D eigenvalue weighted by Crippen LogP contribution is 2.28. The summed E-state index contributed by atoms with van der Waals surface area (Å²) in [4.78, 5) is 12.8. The summed E-state index contributed by atoms with van der Waals surface area (Å²) in [5.74, 6) is 0. The first-order valence-corrected chi connectivity index (χ1v) is 7.38. The summed E-state index contributed by atoms with van der Waals surface area (Å²) in [5, 5.41) is 11.6. The zero-order valence-electron chi connectivity index (χ0n) is 10.8. The summed E-state index contributed by atoms with van der Waals surface area (Å²) in [5.41, 5.74) is 2.01. The summed E-state index contributed by atoms with van der Waals surface area (Å²) >= 11 is 3.36. The zero-order valence-corrected chi connectivity index (χ0v) is 12.4. The number of benzene rings is 1. The molecule has 0 spiro atoms. The van der Waals surface area contributed by atoms with Crippen molar-refractivity contribution in [2.75, 3.05) is 25.1 Å². The van der Waals surface area contributed by atoms with Crippen LogP contribution in [0.3, 0.4) is 0 Å². The molecule has 5 nitrogen and oxygen atoms in total. The number of nitro benzene ring substituents is 1. The monoisotopic (exact) mass is 328 g/mol. The molecule has 1 aromatic rings. The van der Waals surface area contributed by atoms with Crippen molar-refractivity contribution in [1.82, 2.24) is 0 Å². The fraction of sp³-hybridized carbons (Fsp3) is 0.538.